The van der Waals surface area contributed by atoms with Crippen molar-refractivity contribution in [3.63, 3.8) is 0 Å². The molecule has 1 aromatic carbocycles. The number of nitrogens with two attached hydrogens (primary N) is 1. The van der Waals surface area contributed by atoms with Crippen molar-refractivity contribution in [3.05, 3.63) is 41.5 Å². The average Bonchev–Trinajstić information content (AvgIpc) is 2.88. The molecule has 0 saturated carbocycles. The molecule has 0 saturated heterocycles. The highest BCUT2D eigenvalue weighted by molar-refractivity contribution is 5.77. The Hall–Kier alpha value is -2.28. The maximum Gasteiger partial charge on any atom is 0.234 e. The van der Waals surface area contributed by atoms with Gasteiger partial charge in [-0.1, -0.05) is 11.3 Å². The number of carbonyl (C=O) groups is 1. The topological polar surface area (TPSA) is 85.8 Å². The van der Waals surface area contributed by atoms with Crippen LogP contribution in [0.4, 0.5) is 4.39 Å². The smallest absolute Gasteiger partial charge is 0.234 e. The summed E-state index contributed by atoms with van der Waals surface area (Å²) >= 11 is 0. The van der Waals surface area contributed by atoms with E-state index in [0.717, 1.165) is 0 Å². The number of carbonyl (C=O) groups excluding carboxylic acids is 1. The number of benzene rings is 1. The van der Waals surface area contributed by atoms with Crippen LogP contribution in [0.3, 0.4) is 0 Å². The molecule has 0 aliphatic carbocycles. The fourth-order valence-corrected chi connectivity index (χ4v) is 1.49. The standard InChI is InChI=1S/C12H14FN5O/c1-8-2-3-10(4-11(8)13)18-7-9(16-17-18)6-15-12(19)5-14/h2-4,7H,5-6,14H2,1H3,(H,15,19). The van der Waals surface area contributed by atoms with Crippen molar-refractivity contribution in [3.8, 4) is 5.69 Å². The first-order chi connectivity index (χ1) is 9.10. The predicted molar refractivity (Wildman–Crippen MR) is 67.0 cm³/mol. The monoisotopic (exact) mass is 263 g/mol. The number of rotatable bonds is 4. The largest absolute Gasteiger partial charge is 0.349 e. The second-order valence-electron chi connectivity index (χ2n) is 4.07. The molecule has 1 amide bonds. The maximum absolute atomic E-state index is 13.4. The van der Waals surface area contributed by atoms with Gasteiger partial charge in [0.1, 0.15) is 11.5 Å². The summed E-state index contributed by atoms with van der Waals surface area (Å²) in [4.78, 5) is 11.0. The molecule has 0 radical (unpaired) electrons. The summed E-state index contributed by atoms with van der Waals surface area (Å²) in [6.07, 6.45) is 1.63. The van der Waals surface area contributed by atoms with Gasteiger partial charge in [-0.3, -0.25) is 4.79 Å². The Labute approximate surface area is 109 Å². The highest BCUT2D eigenvalue weighted by atomic mass is 19.1. The summed E-state index contributed by atoms with van der Waals surface area (Å²) in [6.45, 7) is 1.86. The lowest BCUT2D eigenvalue weighted by Gasteiger charge is -2.02. The lowest BCUT2D eigenvalue weighted by atomic mass is 10.2. The molecule has 0 aliphatic heterocycles. The molecule has 7 heteroatoms. The van der Waals surface area contributed by atoms with Crippen LogP contribution in [-0.2, 0) is 11.3 Å². The summed E-state index contributed by atoms with van der Waals surface area (Å²) in [5.74, 6) is -0.568. The molecule has 6 nitrogen and oxygen atoms in total. The van der Waals surface area contributed by atoms with Crippen molar-refractivity contribution in [2.75, 3.05) is 6.54 Å². The van der Waals surface area contributed by atoms with Gasteiger partial charge < -0.3 is 11.1 Å². The third-order valence-electron chi connectivity index (χ3n) is 2.61. The Morgan fingerprint density at radius 3 is 3.00 bits per heavy atom. The number of aryl methyl sites for hydroxylation is 1. The van der Waals surface area contributed by atoms with Crippen LogP contribution >= 0.6 is 0 Å². The zero-order valence-electron chi connectivity index (χ0n) is 10.4. The molecule has 0 spiro atoms. The summed E-state index contributed by atoms with van der Waals surface area (Å²) < 4.78 is 14.9. The van der Waals surface area contributed by atoms with Crippen molar-refractivity contribution in [2.45, 2.75) is 13.5 Å². The van der Waals surface area contributed by atoms with Gasteiger partial charge in [-0.25, -0.2) is 9.07 Å². The first kappa shape index (κ1) is 13.2. The van der Waals surface area contributed by atoms with E-state index in [9.17, 15) is 9.18 Å². The Morgan fingerprint density at radius 2 is 2.32 bits per heavy atom. The van der Waals surface area contributed by atoms with Gasteiger partial charge in [0.05, 0.1) is 25.0 Å². The summed E-state index contributed by atoms with van der Waals surface area (Å²) in [6, 6.07) is 4.80. The van der Waals surface area contributed by atoms with Crippen LogP contribution in [0.25, 0.3) is 5.69 Å². The molecule has 19 heavy (non-hydrogen) atoms. The third kappa shape index (κ3) is 3.14. The van der Waals surface area contributed by atoms with E-state index in [1.54, 1.807) is 25.3 Å². The second-order valence-corrected chi connectivity index (χ2v) is 4.07. The van der Waals surface area contributed by atoms with Crippen LogP contribution in [0, 0.1) is 12.7 Å². The Morgan fingerprint density at radius 1 is 1.53 bits per heavy atom. The molecule has 0 aliphatic rings. The van der Waals surface area contributed by atoms with Crippen LogP contribution in [0.1, 0.15) is 11.3 Å². The van der Waals surface area contributed by atoms with Gasteiger partial charge in [0.2, 0.25) is 5.91 Å². The van der Waals surface area contributed by atoms with Gasteiger partial charge in [-0.2, -0.15) is 0 Å². The van der Waals surface area contributed by atoms with Crippen molar-refractivity contribution in [1.29, 1.82) is 0 Å². The second kappa shape index (κ2) is 5.57. The summed E-state index contributed by atoms with van der Waals surface area (Å²) in [5.41, 5.74) is 6.89. The SMILES string of the molecule is Cc1ccc(-n2cc(CNC(=O)CN)nn2)cc1F. The quantitative estimate of drug-likeness (QED) is 0.830. The first-order valence-electron chi connectivity index (χ1n) is 5.74. The summed E-state index contributed by atoms with van der Waals surface area (Å²) in [7, 11) is 0. The lowest BCUT2D eigenvalue weighted by Crippen LogP contribution is -2.29. The Balaban J connectivity index is 2.12. The van der Waals surface area contributed by atoms with Gasteiger partial charge in [-0.05, 0) is 24.6 Å². The first-order valence-corrected chi connectivity index (χ1v) is 5.74. The van der Waals surface area contributed by atoms with Crippen LogP contribution in [0.15, 0.2) is 24.4 Å². The molecule has 0 unspecified atom stereocenters. The van der Waals surface area contributed by atoms with Crippen molar-refractivity contribution in [1.82, 2.24) is 20.3 Å². The fraction of sp³-hybridized carbons (Fsp3) is 0.250. The Bertz CT molecular complexity index is 596. The van der Waals surface area contributed by atoms with E-state index in [1.807, 2.05) is 0 Å². The highest BCUT2D eigenvalue weighted by Gasteiger charge is 2.06. The number of amides is 1. The minimum absolute atomic E-state index is 0.0721. The Kier molecular flexibility index (Phi) is 3.86. The normalized spacial score (nSPS) is 10.5. The third-order valence-corrected chi connectivity index (χ3v) is 2.61. The summed E-state index contributed by atoms with van der Waals surface area (Å²) in [5, 5.41) is 10.3. The minimum Gasteiger partial charge on any atom is -0.349 e. The lowest BCUT2D eigenvalue weighted by molar-refractivity contribution is -0.119. The van der Waals surface area contributed by atoms with Crippen molar-refractivity contribution >= 4 is 5.91 Å². The van der Waals surface area contributed by atoms with Gasteiger partial charge in [0.25, 0.3) is 0 Å². The molecule has 0 fully saturated rings. The minimum atomic E-state index is -0.300. The number of nitrogens with one attached hydrogen (secondary N) is 1. The van der Waals surface area contributed by atoms with E-state index < -0.39 is 0 Å². The predicted octanol–water partition coefficient (Wildman–Crippen LogP) is 0.290. The van der Waals surface area contributed by atoms with Gasteiger partial charge >= 0.3 is 0 Å². The number of hydrogen-bond acceptors (Lipinski definition) is 4. The van der Waals surface area contributed by atoms with Gasteiger partial charge in [0, 0.05) is 0 Å². The van der Waals surface area contributed by atoms with E-state index in [1.165, 1.54) is 10.7 Å². The zero-order chi connectivity index (χ0) is 13.8. The molecule has 3 N–H and O–H groups in total. The average molecular weight is 263 g/mol. The molecule has 1 aromatic heterocycles. The van der Waals surface area contributed by atoms with Crippen LogP contribution in [0.5, 0.6) is 0 Å². The van der Waals surface area contributed by atoms with Crippen molar-refractivity contribution in [2.24, 2.45) is 5.73 Å². The number of nitrogens with zero attached hydrogens (tertiary/aromatic N) is 3. The molecule has 2 rings (SSSR count). The fourth-order valence-electron chi connectivity index (χ4n) is 1.49. The molecule has 100 valence electrons. The number of hydrogen-bond donors (Lipinski definition) is 2. The van der Waals surface area contributed by atoms with E-state index in [-0.39, 0.29) is 24.8 Å². The molecule has 0 atom stereocenters. The molecular formula is C12H14FN5O. The van der Waals surface area contributed by atoms with E-state index >= 15 is 0 Å². The van der Waals surface area contributed by atoms with E-state index in [0.29, 0.717) is 16.9 Å². The van der Waals surface area contributed by atoms with E-state index in [2.05, 4.69) is 15.6 Å². The maximum atomic E-state index is 13.4. The van der Waals surface area contributed by atoms with Crippen molar-refractivity contribution < 1.29 is 9.18 Å². The van der Waals surface area contributed by atoms with Crippen LogP contribution in [-0.4, -0.2) is 27.4 Å². The molecule has 2 aromatic rings. The van der Waals surface area contributed by atoms with Crippen LogP contribution in [0.2, 0.25) is 0 Å². The molecular weight excluding hydrogens is 249 g/mol. The molecule has 1 heterocycles. The highest BCUT2D eigenvalue weighted by Crippen LogP contribution is 2.12. The zero-order valence-corrected chi connectivity index (χ0v) is 10.4. The number of aromatic nitrogens is 3. The van der Waals surface area contributed by atoms with Gasteiger partial charge in [0.15, 0.2) is 0 Å². The van der Waals surface area contributed by atoms with E-state index in [4.69, 9.17) is 5.73 Å². The van der Waals surface area contributed by atoms with Crippen LogP contribution < -0.4 is 11.1 Å². The number of halogens is 1. The van der Waals surface area contributed by atoms with Gasteiger partial charge in [-0.15, -0.1) is 5.10 Å². The molecule has 0 bridgehead atoms.